The van der Waals surface area contributed by atoms with Crippen molar-refractivity contribution in [3.8, 4) is 11.5 Å². The quantitative estimate of drug-likeness (QED) is 0.0434. The zero-order chi connectivity index (χ0) is 53.2. The molecule has 5 aromatic carbocycles. The monoisotopic (exact) mass is 1050 g/mol. The number of benzene rings is 5. The first-order valence-electron chi connectivity index (χ1n) is 24.6. The van der Waals surface area contributed by atoms with Crippen molar-refractivity contribution >= 4 is 17.7 Å². The van der Waals surface area contributed by atoms with Gasteiger partial charge in [0.05, 0.1) is 39.6 Å². The molecule has 7 aromatic rings. The zero-order valence-corrected chi connectivity index (χ0v) is 43.1. The minimum absolute atomic E-state index is 0.0651. The van der Waals surface area contributed by atoms with Gasteiger partial charge >= 0.3 is 17.3 Å². The number of aromatic nitrogens is 4. The third-order valence-electron chi connectivity index (χ3n) is 13.3. The Bertz CT molecular complexity index is 3230. The Morgan fingerprint density at radius 1 is 0.737 bits per heavy atom. The van der Waals surface area contributed by atoms with Gasteiger partial charge in [0.2, 0.25) is 0 Å². The molecule has 2 aliphatic heterocycles. The molecule has 76 heavy (non-hydrogen) atoms. The van der Waals surface area contributed by atoms with E-state index in [0.717, 1.165) is 26.8 Å². The molecule has 3 unspecified atom stereocenters. The standard InChI is InChI=1S/C57H58N4O14S/c1-37-33-60(56(66)61(51(37)63)36-70-34-38-14-8-5-9-15-38)48-32-45(74-53(64)39-16-10-6-11-17-39)54(75-48)76-31-30-71-49-46(73-52(50(49)69-4)59-29-28-47(62)58-55(59)65)35-72-57(40-18-12-7-13-19-40,41-20-24-43(67-2)25-21-41)42-22-26-44(68-3)27-23-42/h5-29,33,45-46,48-50,52,54H,30-32,34-36H2,1-4H3,(H,58,62,65)/t45?,46-,48?,49-,50-,52-,54?/m1/s1. The average Bonchev–Trinajstić information content (AvgIpc) is 4.03. The van der Waals surface area contributed by atoms with Gasteiger partial charge in [0.1, 0.15) is 59.9 Å². The van der Waals surface area contributed by atoms with Crippen LogP contribution < -0.4 is 32.0 Å². The fourth-order valence-corrected chi connectivity index (χ4v) is 10.5. The van der Waals surface area contributed by atoms with Crippen LogP contribution in [0.2, 0.25) is 0 Å². The maximum Gasteiger partial charge on any atom is 0.338 e. The average molecular weight is 1060 g/mol. The molecule has 2 fully saturated rings. The van der Waals surface area contributed by atoms with E-state index in [1.165, 1.54) is 46.5 Å². The lowest BCUT2D eigenvalue weighted by atomic mass is 9.80. The molecule has 18 nitrogen and oxygen atoms in total. The highest BCUT2D eigenvalue weighted by molar-refractivity contribution is 7.99. The number of methoxy groups -OCH3 is 3. The molecule has 1 N–H and O–H groups in total. The van der Waals surface area contributed by atoms with Gasteiger partial charge < -0.3 is 42.6 Å². The number of aromatic amines is 1. The van der Waals surface area contributed by atoms with Crippen LogP contribution in [0.5, 0.6) is 11.5 Å². The van der Waals surface area contributed by atoms with Crippen molar-refractivity contribution in [3.63, 3.8) is 0 Å². The maximum atomic E-state index is 14.1. The number of nitrogens with zero attached hydrogens (tertiary/aromatic N) is 3. The van der Waals surface area contributed by atoms with E-state index in [1.807, 2.05) is 109 Å². The smallest absolute Gasteiger partial charge is 0.338 e. The first kappa shape index (κ1) is 53.5. The van der Waals surface area contributed by atoms with Crippen LogP contribution in [0.15, 0.2) is 177 Å². The number of thioether (sulfide) groups is 1. The molecule has 2 aromatic heterocycles. The molecule has 19 heteroatoms. The molecule has 396 valence electrons. The Balaban J connectivity index is 0.987. The Morgan fingerprint density at radius 2 is 1.36 bits per heavy atom. The predicted octanol–water partition coefficient (Wildman–Crippen LogP) is 6.57. The number of H-pyrrole nitrogens is 1. The fraction of sp³-hybridized carbons (Fsp3) is 0.316. The minimum Gasteiger partial charge on any atom is -0.497 e. The van der Waals surface area contributed by atoms with E-state index in [4.69, 9.17) is 42.6 Å². The van der Waals surface area contributed by atoms with Crippen LogP contribution in [0.3, 0.4) is 0 Å². The SMILES string of the molecule is COc1ccc(C(OC[C@H]2O[C@@H](n3ccc(=O)[nH]c3=O)[C@H](OC)[C@@H]2OCCSC2OC(n3cc(C)c(=O)n(COCc4ccccc4)c3=O)CC2OC(=O)c2ccccc2)(c2ccccc2)c2ccc(OC)cc2)cc1. The Kier molecular flexibility index (Phi) is 17.3. The van der Waals surface area contributed by atoms with Gasteiger partial charge in [-0.1, -0.05) is 103 Å². The number of carbonyl (C=O) groups excluding carboxylic acids is 1. The van der Waals surface area contributed by atoms with E-state index in [2.05, 4.69) is 4.98 Å². The summed E-state index contributed by atoms with van der Waals surface area (Å²) in [4.78, 5) is 68.9. The number of hydrogen-bond acceptors (Lipinski definition) is 15. The molecule has 0 radical (unpaired) electrons. The molecule has 0 amide bonds. The van der Waals surface area contributed by atoms with Crippen LogP contribution in [-0.2, 0) is 52.1 Å². The van der Waals surface area contributed by atoms with Crippen molar-refractivity contribution in [3.05, 3.63) is 233 Å². The summed E-state index contributed by atoms with van der Waals surface area (Å²) in [6.45, 7) is 1.45. The topological polar surface area (TPSA) is 199 Å². The van der Waals surface area contributed by atoms with Gasteiger partial charge in [0, 0.05) is 43.3 Å². The van der Waals surface area contributed by atoms with E-state index >= 15 is 0 Å². The second kappa shape index (κ2) is 24.5. The van der Waals surface area contributed by atoms with Crippen LogP contribution >= 0.6 is 11.8 Å². The molecule has 0 saturated carbocycles. The van der Waals surface area contributed by atoms with Crippen LogP contribution in [0.25, 0.3) is 0 Å². The molecule has 0 aliphatic carbocycles. The number of carbonyl (C=O) groups is 1. The lowest BCUT2D eigenvalue weighted by Gasteiger charge is -2.37. The second-order valence-corrected chi connectivity index (χ2v) is 19.2. The maximum absolute atomic E-state index is 14.1. The van der Waals surface area contributed by atoms with Crippen LogP contribution in [0.4, 0.5) is 0 Å². The van der Waals surface area contributed by atoms with E-state index in [0.29, 0.717) is 17.1 Å². The molecular weight excluding hydrogens is 997 g/mol. The summed E-state index contributed by atoms with van der Waals surface area (Å²) in [6.07, 6.45) is -2.61. The largest absolute Gasteiger partial charge is 0.497 e. The van der Waals surface area contributed by atoms with Crippen molar-refractivity contribution in [2.75, 3.05) is 40.3 Å². The van der Waals surface area contributed by atoms with E-state index in [1.54, 1.807) is 51.5 Å². The lowest BCUT2D eigenvalue weighted by molar-refractivity contribution is -0.103. The number of aryl methyl sites for hydroxylation is 1. The summed E-state index contributed by atoms with van der Waals surface area (Å²) >= 11 is 1.31. The number of nitrogens with one attached hydrogen (secondary N) is 1. The number of hydrogen-bond donors (Lipinski definition) is 1. The highest BCUT2D eigenvalue weighted by Gasteiger charge is 2.49. The third kappa shape index (κ3) is 11.7. The molecule has 0 bridgehead atoms. The second-order valence-electron chi connectivity index (χ2n) is 18.0. The Labute approximate surface area is 441 Å². The molecule has 9 rings (SSSR count). The molecule has 2 saturated heterocycles. The first-order chi connectivity index (χ1) is 37.0. The van der Waals surface area contributed by atoms with E-state index < -0.39 is 76.4 Å². The van der Waals surface area contributed by atoms with E-state index in [9.17, 15) is 24.0 Å². The highest BCUT2D eigenvalue weighted by Crippen LogP contribution is 2.44. The van der Waals surface area contributed by atoms with Crippen molar-refractivity contribution < 1.29 is 47.4 Å². The third-order valence-corrected chi connectivity index (χ3v) is 14.4. The molecule has 0 spiro atoms. The van der Waals surface area contributed by atoms with Gasteiger partial charge in [-0.25, -0.2) is 19.0 Å². The van der Waals surface area contributed by atoms with Gasteiger partial charge in [-0.2, -0.15) is 0 Å². The number of esters is 1. The van der Waals surface area contributed by atoms with Gasteiger partial charge in [-0.05, 0) is 65.6 Å². The van der Waals surface area contributed by atoms with Crippen molar-refractivity contribution in [2.45, 2.75) is 74.6 Å². The van der Waals surface area contributed by atoms with E-state index in [-0.39, 0.29) is 44.3 Å². The summed E-state index contributed by atoms with van der Waals surface area (Å²) in [5.74, 6) is 0.996. The Hall–Kier alpha value is -7.36. The van der Waals surface area contributed by atoms with Crippen LogP contribution in [0.1, 0.15) is 57.1 Å². The summed E-state index contributed by atoms with van der Waals surface area (Å²) in [6, 6.07) is 44.1. The van der Waals surface area contributed by atoms with Crippen LogP contribution in [-0.4, -0.2) is 94.8 Å². The normalized spacial score (nSPS) is 20.3. The van der Waals surface area contributed by atoms with Crippen molar-refractivity contribution in [1.82, 2.24) is 18.7 Å². The summed E-state index contributed by atoms with van der Waals surface area (Å²) < 4.78 is 59.9. The summed E-state index contributed by atoms with van der Waals surface area (Å²) in [5.41, 5.74) is -0.633. The van der Waals surface area contributed by atoms with Crippen molar-refractivity contribution in [2.24, 2.45) is 0 Å². The molecular formula is C57H58N4O14S. The number of ether oxygens (including phenoxy) is 9. The van der Waals surface area contributed by atoms with Gasteiger partial charge in [0.15, 0.2) is 6.23 Å². The lowest BCUT2D eigenvalue weighted by Crippen LogP contribution is -2.42. The number of rotatable bonds is 22. The van der Waals surface area contributed by atoms with Gasteiger partial charge in [-0.15, -0.1) is 11.8 Å². The minimum atomic E-state index is -1.25. The first-order valence-corrected chi connectivity index (χ1v) is 25.6. The molecule has 7 atom stereocenters. The summed E-state index contributed by atoms with van der Waals surface area (Å²) in [7, 11) is 4.68. The molecule has 2 aliphatic rings. The van der Waals surface area contributed by atoms with Gasteiger partial charge in [0.25, 0.3) is 11.1 Å². The Morgan fingerprint density at radius 3 is 1.97 bits per heavy atom. The predicted molar refractivity (Wildman–Crippen MR) is 282 cm³/mol. The highest BCUT2D eigenvalue weighted by atomic mass is 32.2. The summed E-state index contributed by atoms with van der Waals surface area (Å²) in [5, 5.41) is 0. The molecule has 4 heterocycles. The van der Waals surface area contributed by atoms with Crippen molar-refractivity contribution in [1.29, 1.82) is 0 Å². The van der Waals surface area contributed by atoms with Crippen LogP contribution in [0, 0.1) is 6.92 Å². The zero-order valence-electron chi connectivity index (χ0n) is 42.3. The van der Waals surface area contributed by atoms with Gasteiger partial charge in [-0.3, -0.25) is 23.7 Å². The fourth-order valence-electron chi connectivity index (χ4n) is 9.50.